The average molecular weight is 152 g/mol. The van der Waals surface area contributed by atoms with Gasteiger partial charge in [0.25, 0.3) is 0 Å². The zero-order chi connectivity index (χ0) is 8.85. The molecule has 1 unspecified atom stereocenters. The van der Waals surface area contributed by atoms with Crippen LogP contribution in [0.1, 0.15) is 41.0 Å². The van der Waals surface area contributed by atoms with Crippen LogP contribution in [0.15, 0.2) is 0 Å². The van der Waals surface area contributed by atoms with Gasteiger partial charge < -0.3 is 0 Å². The highest BCUT2D eigenvalue weighted by molar-refractivity contribution is 5.01. The summed E-state index contributed by atoms with van der Waals surface area (Å²) in [4.78, 5) is 0. The highest BCUT2D eigenvalue weighted by Crippen LogP contribution is 2.12. The molecular formula is C11H20. The van der Waals surface area contributed by atoms with Crippen molar-refractivity contribution in [2.75, 3.05) is 0 Å². The Morgan fingerprint density at radius 2 is 1.55 bits per heavy atom. The molecule has 0 bridgehead atoms. The van der Waals surface area contributed by atoms with E-state index in [1.54, 1.807) is 0 Å². The van der Waals surface area contributed by atoms with Gasteiger partial charge in [0.1, 0.15) is 0 Å². The van der Waals surface area contributed by atoms with E-state index in [1.165, 1.54) is 0 Å². The summed E-state index contributed by atoms with van der Waals surface area (Å²) in [5.41, 5.74) is 0. The van der Waals surface area contributed by atoms with E-state index in [1.807, 2.05) is 0 Å². The van der Waals surface area contributed by atoms with Gasteiger partial charge in [-0.25, -0.2) is 0 Å². The fourth-order valence-electron chi connectivity index (χ4n) is 0.660. The highest BCUT2D eigenvalue weighted by Gasteiger charge is 2.03. The molecule has 0 fully saturated rings. The SMILES string of the molecule is CC(C)C#CCC(C)C(C)C. The van der Waals surface area contributed by atoms with E-state index in [0.29, 0.717) is 5.92 Å². The number of rotatable bonds is 2. The molecule has 0 saturated heterocycles. The minimum absolute atomic E-state index is 0.523. The van der Waals surface area contributed by atoms with Gasteiger partial charge in [0, 0.05) is 12.3 Å². The van der Waals surface area contributed by atoms with Crippen LogP contribution >= 0.6 is 0 Å². The zero-order valence-corrected chi connectivity index (χ0v) is 8.44. The van der Waals surface area contributed by atoms with Crippen molar-refractivity contribution in [3.8, 4) is 11.8 Å². The first-order valence-electron chi connectivity index (χ1n) is 4.52. The molecule has 0 heteroatoms. The van der Waals surface area contributed by atoms with Crippen LogP contribution in [0.5, 0.6) is 0 Å². The second kappa shape index (κ2) is 5.24. The molecule has 0 aliphatic carbocycles. The van der Waals surface area contributed by atoms with E-state index < -0.39 is 0 Å². The van der Waals surface area contributed by atoms with Crippen molar-refractivity contribution in [1.82, 2.24) is 0 Å². The van der Waals surface area contributed by atoms with E-state index in [4.69, 9.17) is 0 Å². The van der Waals surface area contributed by atoms with Gasteiger partial charge in [0.2, 0.25) is 0 Å². The lowest BCUT2D eigenvalue weighted by molar-refractivity contribution is 0.429. The topological polar surface area (TPSA) is 0 Å². The normalized spacial score (nSPS) is 13.0. The Morgan fingerprint density at radius 3 is 1.91 bits per heavy atom. The Morgan fingerprint density at radius 1 is 1.00 bits per heavy atom. The van der Waals surface area contributed by atoms with Gasteiger partial charge in [-0.2, -0.15) is 0 Å². The summed E-state index contributed by atoms with van der Waals surface area (Å²) in [5.74, 6) is 8.42. The first kappa shape index (κ1) is 10.6. The van der Waals surface area contributed by atoms with Gasteiger partial charge in [-0.3, -0.25) is 0 Å². The maximum Gasteiger partial charge on any atom is 0.0146 e. The van der Waals surface area contributed by atoms with Crippen molar-refractivity contribution in [3.05, 3.63) is 0 Å². The van der Waals surface area contributed by atoms with Crippen LogP contribution in [0.25, 0.3) is 0 Å². The Hall–Kier alpha value is -0.440. The molecule has 1 atom stereocenters. The van der Waals surface area contributed by atoms with Crippen molar-refractivity contribution >= 4 is 0 Å². The molecular weight excluding hydrogens is 132 g/mol. The molecule has 0 rings (SSSR count). The average Bonchev–Trinajstić information content (AvgIpc) is 1.86. The Bertz CT molecular complexity index is 143. The second-order valence-corrected chi connectivity index (χ2v) is 3.90. The molecule has 0 aromatic carbocycles. The first-order chi connectivity index (χ1) is 5.04. The summed E-state index contributed by atoms with van der Waals surface area (Å²) in [7, 11) is 0. The van der Waals surface area contributed by atoms with Crippen LogP contribution in [0, 0.1) is 29.6 Å². The molecule has 0 aromatic heterocycles. The Kier molecular flexibility index (Phi) is 5.03. The first-order valence-corrected chi connectivity index (χ1v) is 4.52. The van der Waals surface area contributed by atoms with Crippen LogP contribution in [0.3, 0.4) is 0 Å². The largest absolute Gasteiger partial charge is 0.103 e. The number of hydrogen-bond donors (Lipinski definition) is 0. The third kappa shape index (κ3) is 5.98. The van der Waals surface area contributed by atoms with Crippen LogP contribution < -0.4 is 0 Å². The maximum absolute atomic E-state index is 3.22. The van der Waals surface area contributed by atoms with E-state index >= 15 is 0 Å². The fourth-order valence-corrected chi connectivity index (χ4v) is 0.660. The van der Waals surface area contributed by atoms with Crippen molar-refractivity contribution in [2.24, 2.45) is 17.8 Å². The van der Waals surface area contributed by atoms with Crippen LogP contribution in [0.4, 0.5) is 0 Å². The van der Waals surface area contributed by atoms with Crippen LogP contribution in [-0.4, -0.2) is 0 Å². The molecule has 0 saturated carbocycles. The van der Waals surface area contributed by atoms with Gasteiger partial charge in [-0.1, -0.05) is 34.6 Å². The lowest BCUT2D eigenvalue weighted by atomic mass is 9.95. The molecule has 0 aromatic rings. The summed E-state index contributed by atoms with van der Waals surface area (Å²) in [6, 6.07) is 0. The molecule has 0 spiro atoms. The lowest BCUT2D eigenvalue weighted by Gasteiger charge is -2.10. The van der Waals surface area contributed by atoms with Crippen molar-refractivity contribution in [2.45, 2.75) is 41.0 Å². The molecule has 11 heavy (non-hydrogen) atoms. The van der Waals surface area contributed by atoms with Gasteiger partial charge in [-0.05, 0) is 11.8 Å². The molecule has 64 valence electrons. The smallest absolute Gasteiger partial charge is 0.0146 e. The van der Waals surface area contributed by atoms with E-state index in [0.717, 1.165) is 18.3 Å². The second-order valence-electron chi connectivity index (χ2n) is 3.90. The zero-order valence-electron chi connectivity index (χ0n) is 8.44. The Labute approximate surface area is 71.4 Å². The van der Waals surface area contributed by atoms with Gasteiger partial charge >= 0.3 is 0 Å². The quantitative estimate of drug-likeness (QED) is 0.532. The van der Waals surface area contributed by atoms with Gasteiger partial charge in [0.15, 0.2) is 0 Å². The predicted octanol–water partition coefficient (Wildman–Crippen LogP) is 3.33. The van der Waals surface area contributed by atoms with Gasteiger partial charge in [0.05, 0.1) is 0 Å². The van der Waals surface area contributed by atoms with E-state index in [-0.39, 0.29) is 0 Å². The summed E-state index contributed by atoms with van der Waals surface area (Å²) >= 11 is 0. The predicted molar refractivity (Wildman–Crippen MR) is 51.2 cm³/mol. The summed E-state index contributed by atoms with van der Waals surface area (Å²) in [5, 5.41) is 0. The molecule has 0 amide bonds. The minimum atomic E-state index is 0.523. The molecule has 0 radical (unpaired) electrons. The fraction of sp³-hybridized carbons (Fsp3) is 0.818. The molecule has 0 N–H and O–H groups in total. The summed E-state index contributed by atoms with van der Waals surface area (Å²) in [6.45, 7) is 11.0. The number of hydrogen-bond acceptors (Lipinski definition) is 0. The molecule has 0 heterocycles. The standard InChI is InChI=1S/C11H20/c1-9(2)7-6-8-11(5)10(3)4/h9-11H,8H2,1-5H3. The third-order valence-corrected chi connectivity index (χ3v) is 1.95. The van der Waals surface area contributed by atoms with Crippen molar-refractivity contribution in [1.29, 1.82) is 0 Å². The molecule has 0 nitrogen and oxygen atoms in total. The molecule has 0 aliphatic heterocycles. The maximum atomic E-state index is 3.22. The highest BCUT2D eigenvalue weighted by atomic mass is 14.1. The molecule has 0 aliphatic rings. The summed E-state index contributed by atoms with van der Waals surface area (Å²) in [6.07, 6.45) is 1.05. The van der Waals surface area contributed by atoms with Crippen molar-refractivity contribution in [3.63, 3.8) is 0 Å². The van der Waals surface area contributed by atoms with Crippen LogP contribution in [-0.2, 0) is 0 Å². The third-order valence-electron chi connectivity index (χ3n) is 1.95. The summed E-state index contributed by atoms with van der Waals surface area (Å²) < 4.78 is 0. The van der Waals surface area contributed by atoms with Crippen LogP contribution in [0.2, 0.25) is 0 Å². The van der Waals surface area contributed by atoms with Gasteiger partial charge in [-0.15, -0.1) is 11.8 Å². The lowest BCUT2D eigenvalue weighted by Crippen LogP contribution is -2.01. The van der Waals surface area contributed by atoms with E-state index in [2.05, 4.69) is 46.5 Å². The Balaban J connectivity index is 3.63. The monoisotopic (exact) mass is 152 g/mol. The van der Waals surface area contributed by atoms with E-state index in [9.17, 15) is 0 Å². The minimum Gasteiger partial charge on any atom is -0.103 e. The van der Waals surface area contributed by atoms with Crippen molar-refractivity contribution < 1.29 is 0 Å².